The molecule has 0 bridgehead atoms. The second-order valence-electron chi connectivity index (χ2n) is 12.7. The first-order valence-corrected chi connectivity index (χ1v) is 15.8. The van der Waals surface area contributed by atoms with E-state index in [4.69, 9.17) is 9.84 Å². The van der Waals surface area contributed by atoms with Crippen molar-refractivity contribution in [3.05, 3.63) is 100.0 Å². The minimum absolute atomic E-state index is 0.106. The highest BCUT2D eigenvalue weighted by atomic mass is 16.5. The molecule has 2 aromatic heterocycles. The fourth-order valence-electron chi connectivity index (χ4n) is 6.01. The Bertz CT molecular complexity index is 1720. The molecule has 2 aromatic carbocycles. The number of para-hydroxylation sites is 1. The van der Waals surface area contributed by atoms with Crippen LogP contribution >= 0.6 is 0 Å². The van der Waals surface area contributed by atoms with Gasteiger partial charge in [0.2, 0.25) is 0 Å². The number of nitrogens with one attached hydrogen (secondary N) is 3. The van der Waals surface area contributed by atoms with E-state index in [2.05, 4.69) is 33.0 Å². The van der Waals surface area contributed by atoms with E-state index in [-0.39, 0.29) is 35.7 Å². The third-order valence-electron chi connectivity index (χ3n) is 8.61. The second-order valence-corrected chi connectivity index (χ2v) is 12.7. The number of urea groups is 1. The molecule has 0 spiro atoms. The highest BCUT2D eigenvalue weighted by Gasteiger charge is 2.35. The van der Waals surface area contributed by atoms with Crippen LogP contribution in [-0.2, 0) is 11.8 Å². The van der Waals surface area contributed by atoms with Crippen molar-refractivity contribution in [1.29, 1.82) is 0 Å². The van der Waals surface area contributed by atoms with Crippen LogP contribution in [0.3, 0.4) is 0 Å². The first-order valence-electron chi connectivity index (χ1n) is 15.8. The van der Waals surface area contributed by atoms with Gasteiger partial charge in [0.25, 0.3) is 5.56 Å². The molecule has 0 radical (unpaired) electrons. The zero-order valence-corrected chi connectivity index (χ0v) is 27.6. The van der Waals surface area contributed by atoms with Crippen LogP contribution in [0.4, 0.5) is 10.6 Å². The number of aromatic nitrogens is 3. The summed E-state index contributed by atoms with van der Waals surface area (Å²) < 4.78 is 8.37. The van der Waals surface area contributed by atoms with Gasteiger partial charge in [-0.25, -0.2) is 9.48 Å². The van der Waals surface area contributed by atoms with E-state index in [0.29, 0.717) is 35.8 Å². The van der Waals surface area contributed by atoms with Gasteiger partial charge >= 0.3 is 6.03 Å². The van der Waals surface area contributed by atoms with Crippen LogP contribution in [0.25, 0.3) is 16.9 Å². The number of pyridine rings is 1. The molecular formula is C35H45N7O5. The van der Waals surface area contributed by atoms with Gasteiger partial charge in [-0.05, 0) is 44.5 Å². The Hall–Kier alpha value is -4.33. The number of likely N-dealkylation sites (tertiary alicyclic amines) is 1. The molecule has 5 N–H and O–H groups in total. The van der Waals surface area contributed by atoms with Crippen molar-refractivity contribution in [3.63, 3.8) is 0 Å². The quantitative estimate of drug-likeness (QED) is 0.148. The Balaban J connectivity index is 1.48. The van der Waals surface area contributed by atoms with Gasteiger partial charge in [-0.15, -0.1) is 0 Å². The minimum atomic E-state index is -1.33. The van der Waals surface area contributed by atoms with Crippen LogP contribution in [-0.4, -0.2) is 87.0 Å². The molecule has 12 nitrogen and oxygen atoms in total. The van der Waals surface area contributed by atoms with Crippen LogP contribution < -0.4 is 21.5 Å². The van der Waals surface area contributed by atoms with Gasteiger partial charge < -0.3 is 24.8 Å². The van der Waals surface area contributed by atoms with Crippen molar-refractivity contribution in [3.8, 4) is 16.9 Å². The molecule has 250 valence electrons. The molecule has 4 aromatic rings. The Morgan fingerprint density at radius 2 is 1.79 bits per heavy atom. The topological polar surface area (TPSA) is 146 Å². The fraction of sp³-hybridized carbons (Fsp3) is 0.400. The smallest absolute Gasteiger partial charge is 0.320 e. The molecule has 3 atom stereocenters. The summed E-state index contributed by atoms with van der Waals surface area (Å²) in [5.74, 6) is 0.582. The highest BCUT2D eigenvalue weighted by Crippen LogP contribution is 2.32. The maximum absolute atomic E-state index is 13.7. The molecule has 1 aliphatic rings. The van der Waals surface area contributed by atoms with E-state index >= 15 is 0 Å². The number of methoxy groups -OCH3 is 1. The number of aliphatic hydroxyl groups excluding tert-OH is 2. The lowest BCUT2D eigenvalue weighted by Gasteiger charge is -2.27. The maximum atomic E-state index is 13.7. The first-order chi connectivity index (χ1) is 22.5. The molecule has 47 heavy (non-hydrogen) atoms. The summed E-state index contributed by atoms with van der Waals surface area (Å²) in [7, 11) is 3.29. The fourth-order valence-corrected chi connectivity index (χ4v) is 6.01. The molecule has 1 saturated heterocycles. The number of ether oxygens (including phenoxy) is 1. The number of aliphatic hydroxyl groups is 2. The average molecular weight is 644 g/mol. The largest absolute Gasteiger partial charge is 0.394 e. The van der Waals surface area contributed by atoms with Gasteiger partial charge in [-0.2, -0.15) is 5.10 Å². The molecule has 1 aliphatic heterocycles. The van der Waals surface area contributed by atoms with Crippen molar-refractivity contribution in [2.24, 2.45) is 7.05 Å². The number of benzene rings is 2. The summed E-state index contributed by atoms with van der Waals surface area (Å²) in [5, 5.41) is 34.8. The second kappa shape index (κ2) is 14.6. The predicted octanol–water partition coefficient (Wildman–Crippen LogP) is 3.13. The third kappa shape index (κ3) is 7.80. The number of carbonyl (C=O) groups excluding carboxylic acids is 1. The summed E-state index contributed by atoms with van der Waals surface area (Å²) in [5.41, 5.74) is 2.59. The number of aryl methyl sites for hydroxylation is 1. The van der Waals surface area contributed by atoms with E-state index in [1.54, 1.807) is 44.9 Å². The molecule has 0 saturated carbocycles. The molecule has 12 heteroatoms. The zero-order valence-electron chi connectivity index (χ0n) is 27.6. The van der Waals surface area contributed by atoms with E-state index in [9.17, 15) is 19.8 Å². The summed E-state index contributed by atoms with van der Waals surface area (Å²) in [4.78, 5) is 29.1. The molecule has 5 rings (SSSR count). The van der Waals surface area contributed by atoms with E-state index in [1.807, 2.05) is 55.5 Å². The average Bonchev–Trinajstić information content (AvgIpc) is 3.61. The van der Waals surface area contributed by atoms with Crippen LogP contribution in [0.5, 0.6) is 0 Å². The molecule has 0 aliphatic carbocycles. The molecule has 1 unspecified atom stereocenters. The summed E-state index contributed by atoms with van der Waals surface area (Å²) in [6.07, 6.45) is 0.324. The number of hydrogen-bond donors (Lipinski definition) is 5. The normalized spacial score (nSPS) is 17.5. The summed E-state index contributed by atoms with van der Waals surface area (Å²) >= 11 is 0. The van der Waals surface area contributed by atoms with E-state index in [1.165, 1.54) is 4.57 Å². The number of anilines is 1. The lowest BCUT2D eigenvalue weighted by molar-refractivity contribution is 0.0727. The third-order valence-corrected chi connectivity index (χ3v) is 8.61. The van der Waals surface area contributed by atoms with E-state index in [0.717, 1.165) is 24.3 Å². The lowest BCUT2D eigenvalue weighted by atomic mass is 9.94. The molecule has 3 heterocycles. The van der Waals surface area contributed by atoms with Gasteiger partial charge in [-0.3, -0.25) is 20.3 Å². The Morgan fingerprint density at radius 3 is 2.45 bits per heavy atom. The SMILES string of the molecule is COCCN1C[C@@H](NC(=O)Nc2c(C)c(-c3cc(C(O)NC(C)(C)CO)c(=O)n(C)c3)nn2-c2ccccc2)[C@H](c2ccccc2)C1. The Labute approximate surface area is 275 Å². The maximum Gasteiger partial charge on any atom is 0.320 e. The zero-order chi connectivity index (χ0) is 33.7. The minimum Gasteiger partial charge on any atom is -0.394 e. The van der Waals surface area contributed by atoms with Crippen molar-refractivity contribution in [2.45, 2.75) is 44.5 Å². The molecule has 2 amide bonds. The highest BCUT2D eigenvalue weighted by molar-refractivity contribution is 5.91. The monoisotopic (exact) mass is 643 g/mol. The Kier molecular flexibility index (Phi) is 10.6. The van der Waals surface area contributed by atoms with Crippen molar-refractivity contribution < 1.29 is 19.7 Å². The van der Waals surface area contributed by atoms with Crippen molar-refractivity contribution in [2.75, 3.05) is 45.3 Å². The standard InChI is InChI=1S/C35H45N7O5/c1-23-30(25-18-27(33(45)40(4)19-25)32(44)38-35(2,3)22-43)39-42(26-14-10-7-11-15-26)31(23)37-34(46)36-29-21-41(16-17-47-5)20-28(29)24-12-8-6-9-13-24/h6-15,18-19,28-29,32,38,43-44H,16-17,20-22H2,1-5H3,(H2,36,37,46)/t28-,29+,32?/m0/s1. The number of nitrogens with zero attached hydrogens (tertiary/aromatic N) is 4. The Morgan fingerprint density at radius 1 is 1.11 bits per heavy atom. The van der Waals surface area contributed by atoms with Crippen molar-refractivity contribution >= 4 is 11.8 Å². The van der Waals surface area contributed by atoms with Crippen LogP contribution in [0, 0.1) is 6.92 Å². The molecular weight excluding hydrogens is 598 g/mol. The van der Waals surface area contributed by atoms with Gasteiger partial charge in [0.15, 0.2) is 0 Å². The lowest BCUT2D eigenvalue weighted by Crippen LogP contribution is -2.46. The number of hydrogen-bond acceptors (Lipinski definition) is 8. The van der Waals surface area contributed by atoms with Gasteiger partial charge in [0, 0.05) is 62.6 Å². The number of carbonyl (C=O) groups is 1. The van der Waals surface area contributed by atoms with Crippen LogP contribution in [0.2, 0.25) is 0 Å². The molecule has 1 fully saturated rings. The predicted molar refractivity (Wildman–Crippen MR) is 182 cm³/mol. The van der Waals surface area contributed by atoms with Gasteiger partial charge in [0.05, 0.1) is 36.2 Å². The number of amides is 2. The van der Waals surface area contributed by atoms with Gasteiger partial charge in [-0.1, -0.05) is 48.5 Å². The van der Waals surface area contributed by atoms with Crippen LogP contribution in [0.15, 0.2) is 77.7 Å². The summed E-state index contributed by atoms with van der Waals surface area (Å²) in [6.45, 7) is 7.94. The van der Waals surface area contributed by atoms with E-state index < -0.39 is 11.8 Å². The summed E-state index contributed by atoms with van der Waals surface area (Å²) in [6, 6.07) is 20.8. The van der Waals surface area contributed by atoms with Crippen LogP contribution in [0.1, 0.15) is 42.7 Å². The van der Waals surface area contributed by atoms with Crippen molar-refractivity contribution in [1.82, 2.24) is 29.9 Å². The van der Waals surface area contributed by atoms with Gasteiger partial charge in [0.1, 0.15) is 12.0 Å². The number of rotatable bonds is 12. The first kappa shape index (κ1) is 34.0.